The van der Waals surface area contributed by atoms with Crippen LogP contribution in [0.3, 0.4) is 0 Å². The zero-order chi connectivity index (χ0) is 15.1. The first-order valence-electron chi connectivity index (χ1n) is 6.36. The van der Waals surface area contributed by atoms with Crippen LogP contribution in [-0.2, 0) is 11.4 Å². The molecule has 0 heterocycles. The number of benzene rings is 2. The van der Waals surface area contributed by atoms with Gasteiger partial charge >= 0.3 is 0 Å². The third-order valence-electron chi connectivity index (χ3n) is 2.84. The number of nitrogens with zero attached hydrogens (tertiary/aromatic N) is 1. The quantitative estimate of drug-likeness (QED) is 0.590. The van der Waals surface area contributed by atoms with E-state index < -0.39 is 6.43 Å². The molecule has 110 valence electrons. The summed E-state index contributed by atoms with van der Waals surface area (Å²) in [5, 5.41) is 3.83. The molecule has 0 radical (unpaired) electrons. The second-order valence-corrected chi connectivity index (χ2v) is 4.30. The van der Waals surface area contributed by atoms with E-state index in [2.05, 4.69) is 5.16 Å². The molecule has 0 unspecified atom stereocenters. The van der Waals surface area contributed by atoms with Gasteiger partial charge in [-0.15, -0.1) is 0 Å². The minimum absolute atomic E-state index is 0.0233. The number of oxime groups is 1. The molecule has 0 aromatic heterocycles. The smallest absolute Gasteiger partial charge is 0.263 e. The van der Waals surface area contributed by atoms with Crippen LogP contribution in [0, 0.1) is 0 Å². The van der Waals surface area contributed by atoms with Crippen molar-refractivity contribution in [2.45, 2.75) is 13.0 Å². The number of rotatable bonds is 6. The summed E-state index contributed by atoms with van der Waals surface area (Å²) >= 11 is 0. The van der Waals surface area contributed by atoms with Gasteiger partial charge in [0.25, 0.3) is 6.43 Å². The second kappa shape index (κ2) is 7.38. The maximum Gasteiger partial charge on any atom is 0.263 e. The van der Waals surface area contributed by atoms with E-state index in [0.29, 0.717) is 11.3 Å². The molecule has 3 nitrogen and oxygen atoms in total. The molecule has 0 aliphatic carbocycles. The summed E-state index contributed by atoms with van der Waals surface area (Å²) in [5.41, 5.74) is 1.40. The van der Waals surface area contributed by atoms with E-state index in [9.17, 15) is 8.78 Å². The third-order valence-corrected chi connectivity index (χ3v) is 2.84. The molecular formula is C16H15F2NO2. The standard InChI is InChI=1S/C16H15F2NO2/c1-20-15-8-3-2-6-14(15)10-19-21-11-12-5-4-7-13(9-12)16(17)18/h2-10,16H,11H2,1H3. The Morgan fingerprint density at radius 3 is 2.71 bits per heavy atom. The van der Waals surface area contributed by atoms with Crippen molar-refractivity contribution in [1.82, 2.24) is 0 Å². The Labute approximate surface area is 121 Å². The Kier molecular flexibility index (Phi) is 5.26. The van der Waals surface area contributed by atoms with Crippen molar-refractivity contribution in [1.29, 1.82) is 0 Å². The van der Waals surface area contributed by atoms with E-state index in [1.54, 1.807) is 19.2 Å². The Hall–Kier alpha value is -2.43. The predicted octanol–water partition coefficient (Wildman–Crippen LogP) is 4.18. The van der Waals surface area contributed by atoms with Crippen molar-refractivity contribution in [3.8, 4) is 5.75 Å². The summed E-state index contributed by atoms with van der Waals surface area (Å²) in [7, 11) is 1.57. The molecule has 0 atom stereocenters. The van der Waals surface area contributed by atoms with Crippen molar-refractivity contribution in [3.63, 3.8) is 0 Å². The Morgan fingerprint density at radius 1 is 1.14 bits per heavy atom. The van der Waals surface area contributed by atoms with Gasteiger partial charge in [0.05, 0.1) is 13.3 Å². The number of methoxy groups -OCH3 is 1. The molecule has 0 saturated heterocycles. The lowest BCUT2D eigenvalue weighted by molar-refractivity contribution is 0.130. The number of halogens is 2. The van der Waals surface area contributed by atoms with E-state index >= 15 is 0 Å². The molecular weight excluding hydrogens is 276 g/mol. The molecule has 21 heavy (non-hydrogen) atoms. The number of para-hydroxylation sites is 1. The first kappa shape index (κ1) is 15.0. The van der Waals surface area contributed by atoms with Gasteiger partial charge in [0.1, 0.15) is 12.4 Å². The maximum atomic E-state index is 12.6. The molecule has 5 heteroatoms. The van der Waals surface area contributed by atoms with Crippen LogP contribution in [0.2, 0.25) is 0 Å². The van der Waals surface area contributed by atoms with Gasteiger partial charge in [0.2, 0.25) is 0 Å². The molecule has 0 amide bonds. The molecule has 0 N–H and O–H groups in total. The summed E-state index contributed by atoms with van der Waals surface area (Å²) in [6.45, 7) is 0.131. The van der Waals surface area contributed by atoms with E-state index in [0.717, 1.165) is 5.56 Å². The van der Waals surface area contributed by atoms with Crippen molar-refractivity contribution in [2.24, 2.45) is 5.16 Å². The van der Waals surface area contributed by atoms with Gasteiger partial charge in [0, 0.05) is 11.1 Å². The lowest BCUT2D eigenvalue weighted by Crippen LogP contribution is -1.93. The SMILES string of the molecule is COc1ccccc1C=NOCc1cccc(C(F)F)c1. The molecule has 0 fully saturated rings. The van der Waals surface area contributed by atoms with Gasteiger partial charge in [-0.2, -0.15) is 0 Å². The third kappa shape index (κ3) is 4.27. The van der Waals surface area contributed by atoms with Crippen molar-refractivity contribution in [3.05, 3.63) is 65.2 Å². The average Bonchev–Trinajstić information content (AvgIpc) is 2.52. The molecule has 0 aliphatic rings. The molecule has 2 rings (SSSR count). The van der Waals surface area contributed by atoms with Crippen molar-refractivity contribution < 1.29 is 18.4 Å². The maximum absolute atomic E-state index is 12.6. The molecule has 2 aromatic carbocycles. The van der Waals surface area contributed by atoms with Crippen LogP contribution in [0.25, 0.3) is 0 Å². The van der Waals surface area contributed by atoms with Crippen molar-refractivity contribution in [2.75, 3.05) is 7.11 Å². The van der Waals surface area contributed by atoms with Crippen LogP contribution < -0.4 is 4.74 Å². The van der Waals surface area contributed by atoms with Gasteiger partial charge < -0.3 is 9.57 Å². The van der Waals surface area contributed by atoms with Crippen LogP contribution in [0.1, 0.15) is 23.1 Å². The van der Waals surface area contributed by atoms with Gasteiger partial charge in [-0.05, 0) is 23.8 Å². The first-order valence-corrected chi connectivity index (χ1v) is 6.36. The molecule has 0 spiro atoms. The highest BCUT2D eigenvalue weighted by Gasteiger charge is 2.06. The molecule has 0 bridgehead atoms. The minimum atomic E-state index is -2.48. The monoisotopic (exact) mass is 291 g/mol. The van der Waals surface area contributed by atoms with Crippen LogP contribution in [0.5, 0.6) is 5.75 Å². The fraction of sp³-hybridized carbons (Fsp3) is 0.188. The van der Waals surface area contributed by atoms with Crippen LogP contribution in [0.15, 0.2) is 53.7 Å². The molecule has 0 saturated carbocycles. The van der Waals surface area contributed by atoms with Crippen molar-refractivity contribution >= 4 is 6.21 Å². The highest BCUT2D eigenvalue weighted by molar-refractivity contribution is 5.82. The fourth-order valence-electron chi connectivity index (χ4n) is 1.80. The molecule has 0 aliphatic heterocycles. The van der Waals surface area contributed by atoms with Gasteiger partial charge in [-0.1, -0.05) is 35.5 Å². The Balaban J connectivity index is 1.95. The largest absolute Gasteiger partial charge is 0.496 e. The van der Waals surface area contributed by atoms with Crippen LogP contribution in [0.4, 0.5) is 8.78 Å². The number of hydrogen-bond donors (Lipinski definition) is 0. The summed E-state index contributed by atoms with van der Waals surface area (Å²) in [5.74, 6) is 0.685. The fourth-order valence-corrected chi connectivity index (χ4v) is 1.80. The number of alkyl halides is 2. The first-order chi connectivity index (χ1) is 10.2. The summed E-state index contributed by atoms with van der Waals surface area (Å²) in [6.07, 6.45) is -0.961. The highest BCUT2D eigenvalue weighted by atomic mass is 19.3. The Morgan fingerprint density at radius 2 is 1.95 bits per heavy atom. The zero-order valence-corrected chi connectivity index (χ0v) is 11.5. The highest BCUT2D eigenvalue weighted by Crippen LogP contribution is 2.20. The number of hydrogen-bond acceptors (Lipinski definition) is 3. The lowest BCUT2D eigenvalue weighted by Gasteiger charge is -2.04. The van der Waals surface area contributed by atoms with E-state index in [-0.39, 0.29) is 12.2 Å². The Bertz CT molecular complexity index is 615. The lowest BCUT2D eigenvalue weighted by atomic mass is 10.1. The molecule has 2 aromatic rings. The summed E-state index contributed by atoms with van der Waals surface area (Å²) < 4.78 is 30.3. The van der Waals surface area contributed by atoms with Gasteiger partial charge in [-0.25, -0.2) is 8.78 Å². The van der Waals surface area contributed by atoms with Crippen LogP contribution in [-0.4, -0.2) is 13.3 Å². The second-order valence-electron chi connectivity index (χ2n) is 4.30. The zero-order valence-electron chi connectivity index (χ0n) is 11.5. The van der Waals surface area contributed by atoms with Gasteiger partial charge in [0.15, 0.2) is 0 Å². The van der Waals surface area contributed by atoms with Crippen LogP contribution >= 0.6 is 0 Å². The summed E-state index contributed by atoms with van der Waals surface area (Å²) in [6, 6.07) is 13.4. The number of ether oxygens (including phenoxy) is 1. The van der Waals surface area contributed by atoms with Gasteiger partial charge in [-0.3, -0.25) is 0 Å². The normalized spacial score (nSPS) is 11.0. The predicted molar refractivity (Wildman–Crippen MR) is 76.8 cm³/mol. The topological polar surface area (TPSA) is 30.8 Å². The average molecular weight is 291 g/mol. The van der Waals surface area contributed by atoms with E-state index in [1.165, 1.54) is 18.3 Å². The van der Waals surface area contributed by atoms with E-state index in [4.69, 9.17) is 9.57 Å². The van der Waals surface area contributed by atoms with E-state index in [1.807, 2.05) is 24.3 Å². The minimum Gasteiger partial charge on any atom is -0.496 e. The summed E-state index contributed by atoms with van der Waals surface area (Å²) in [4.78, 5) is 5.13.